The molecule has 1 aliphatic rings. The van der Waals surface area contributed by atoms with Crippen molar-refractivity contribution >= 4 is 11.7 Å². The molecule has 1 fully saturated rings. The largest absolute Gasteiger partial charge is 0.337 e. The topological polar surface area (TPSA) is 84.1 Å². The Kier molecular flexibility index (Phi) is 2.97. The monoisotopic (exact) mass is 235 g/mol. The maximum absolute atomic E-state index is 12.2. The van der Waals surface area contributed by atoms with E-state index in [9.17, 15) is 4.79 Å². The lowest BCUT2D eigenvalue weighted by atomic mass is 9.93. The van der Waals surface area contributed by atoms with Crippen molar-refractivity contribution in [1.29, 1.82) is 0 Å². The highest BCUT2D eigenvalue weighted by Gasteiger charge is 2.32. The van der Waals surface area contributed by atoms with E-state index in [4.69, 9.17) is 5.84 Å². The molecular weight excluding hydrogens is 218 g/mol. The molecule has 1 aliphatic heterocycles. The summed E-state index contributed by atoms with van der Waals surface area (Å²) in [7, 11) is 0. The predicted molar refractivity (Wildman–Crippen MR) is 64.1 cm³/mol. The first-order valence-electron chi connectivity index (χ1n) is 5.60. The predicted octanol–water partition coefficient (Wildman–Crippen LogP) is 0.634. The van der Waals surface area contributed by atoms with Crippen LogP contribution in [0.25, 0.3) is 0 Å². The van der Waals surface area contributed by atoms with Gasteiger partial charge in [-0.2, -0.15) is 0 Å². The third kappa shape index (κ3) is 2.52. The summed E-state index contributed by atoms with van der Waals surface area (Å²) < 4.78 is 0. The number of nitrogens with two attached hydrogens (primary N) is 1. The average molecular weight is 235 g/mol. The molecule has 0 unspecified atom stereocenters. The van der Waals surface area contributed by atoms with Gasteiger partial charge in [-0.25, -0.2) is 10.8 Å². The Bertz CT molecular complexity index is 432. The summed E-state index contributed by atoms with van der Waals surface area (Å²) in [5, 5.41) is 0. The lowest BCUT2D eigenvalue weighted by Gasteiger charge is -2.19. The third-order valence-corrected chi connectivity index (χ3v) is 2.97. The molecule has 0 spiro atoms. The fourth-order valence-corrected chi connectivity index (χ4v) is 1.99. The van der Waals surface area contributed by atoms with Gasteiger partial charge in [0.25, 0.3) is 5.91 Å². The van der Waals surface area contributed by atoms with E-state index >= 15 is 0 Å². The number of rotatable bonds is 2. The number of aromatic nitrogens is 2. The normalized spacial score (nSPS) is 18.2. The molecule has 2 heterocycles. The lowest BCUT2D eigenvalue weighted by Crippen LogP contribution is -2.31. The maximum atomic E-state index is 12.2. The number of nitrogens with zero attached hydrogens (tertiary/aromatic N) is 3. The third-order valence-electron chi connectivity index (χ3n) is 2.97. The molecule has 0 bridgehead atoms. The zero-order chi connectivity index (χ0) is 12.5. The van der Waals surface area contributed by atoms with Crippen LogP contribution in [0.2, 0.25) is 0 Å². The molecule has 1 amide bonds. The molecule has 2 rings (SSSR count). The van der Waals surface area contributed by atoms with Gasteiger partial charge in [0.2, 0.25) is 0 Å². The summed E-state index contributed by atoms with van der Waals surface area (Å²) in [6.45, 7) is 5.84. The first-order chi connectivity index (χ1) is 8.02. The molecule has 1 aromatic rings. The average Bonchev–Trinajstić information content (AvgIpc) is 2.69. The van der Waals surface area contributed by atoms with Crippen molar-refractivity contribution in [3.05, 3.63) is 18.1 Å². The summed E-state index contributed by atoms with van der Waals surface area (Å²) in [4.78, 5) is 22.0. The molecule has 1 saturated heterocycles. The number of nitrogen functional groups attached to an aromatic ring is 1. The fraction of sp³-hybridized carbons (Fsp3) is 0.545. The van der Waals surface area contributed by atoms with E-state index in [0.717, 1.165) is 19.5 Å². The number of hydrogen-bond acceptors (Lipinski definition) is 5. The maximum Gasteiger partial charge on any atom is 0.274 e. The van der Waals surface area contributed by atoms with Crippen LogP contribution in [0.4, 0.5) is 5.82 Å². The number of carbonyl (C=O) groups excluding carboxylic acids is 1. The number of amides is 1. The van der Waals surface area contributed by atoms with Gasteiger partial charge in [0, 0.05) is 13.1 Å². The first-order valence-corrected chi connectivity index (χ1v) is 5.60. The summed E-state index contributed by atoms with van der Waals surface area (Å²) in [5.41, 5.74) is 2.90. The molecule has 6 nitrogen and oxygen atoms in total. The molecule has 0 saturated carbocycles. The molecular formula is C11H17N5O. The van der Waals surface area contributed by atoms with Crippen LogP contribution in [0.15, 0.2) is 12.4 Å². The van der Waals surface area contributed by atoms with Crippen LogP contribution in [0.3, 0.4) is 0 Å². The second-order valence-electron chi connectivity index (χ2n) is 5.07. The molecule has 6 heteroatoms. The second kappa shape index (κ2) is 4.29. The van der Waals surface area contributed by atoms with Crippen LogP contribution in [-0.4, -0.2) is 33.9 Å². The smallest absolute Gasteiger partial charge is 0.274 e. The highest BCUT2D eigenvalue weighted by atomic mass is 16.2. The number of likely N-dealkylation sites (tertiary alicyclic amines) is 1. The van der Waals surface area contributed by atoms with Gasteiger partial charge >= 0.3 is 0 Å². The van der Waals surface area contributed by atoms with Crippen molar-refractivity contribution in [2.45, 2.75) is 20.3 Å². The summed E-state index contributed by atoms with van der Waals surface area (Å²) in [6.07, 6.45) is 3.96. The van der Waals surface area contributed by atoms with Gasteiger partial charge in [-0.15, -0.1) is 0 Å². The first kappa shape index (κ1) is 11.8. The SMILES string of the molecule is CC1(C)CCN(C(=O)c2cncc(NN)n2)C1. The molecule has 0 aromatic carbocycles. The molecule has 1 aromatic heterocycles. The van der Waals surface area contributed by atoms with Crippen molar-refractivity contribution in [2.75, 3.05) is 18.5 Å². The fourth-order valence-electron chi connectivity index (χ4n) is 1.99. The van der Waals surface area contributed by atoms with Crippen LogP contribution in [0.1, 0.15) is 30.8 Å². The molecule has 17 heavy (non-hydrogen) atoms. The van der Waals surface area contributed by atoms with E-state index in [1.807, 2.05) is 4.90 Å². The second-order valence-corrected chi connectivity index (χ2v) is 5.07. The van der Waals surface area contributed by atoms with Crippen molar-refractivity contribution in [3.63, 3.8) is 0 Å². The molecule has 0 radical (unpaired) electrons. The van der Waals surface area contributed by atoms with Crippen LogP contribution in [-0.2, 0) is 0 Å². The van der Waals surface area contributed by atoms with E-state index in [0.29, 0.717) is 11.5 Å². The number of carbonyl (C=O) groups is 1. The number of hydrogen-bond donors (Lipinski definition) is 2. The zero-order valence-electron chi connectivity index (χ0n) is 10.1. The van der Waals surface area contributed by atoms with Crippen molar-refractivity contribution in [1.82, 2.24) is 14.9 Å². The van der Waals surface area contributed by atoms with Crippen LogP contribution >= 0.6 is 0 Å². The summed E-state index contributed by atoms with van der Waals surface area (Å²) in [5.74, 6) is 5.55. The van der Waals surface area contributed by atoms with Gasteiger partial charge in [-0.05, 0) is 11.8 Å². The number of hydrazine groups is 1. The number of nitrogens with one attached hydrogen (secondary N) is 1. The Morgan fingerprint density at radius 2 is 2.29 bits per heavy atom. The minimum Gasteiger partial charge on any atom is -0.337 e. The highest BCUT2D eigenvalue weighted by Crippen LogP contribution is 2.29. The van der Waals surface area contributed by atoms with Crippen LogP contribution in [0, 0.1) is 5.41 Å². The lowest BCUT2D eigenvalue weighted by molar-refractivity contribution is 0.0772. The van der Waals surface area contributed by atoms with Gasteiger partial charge in [0.1, 0.15) is 5.69 Å². The Morgan fingerprint density at radius 1 is 1.53 bits per heavy atom. The van der Waals surface area contributed by atoms with Gasteiger partial charge in [-0.1, -0.05) is 13.8 Å². The van der Waals surface area contributed by atoms with E-state index in [2.05, 4.69) is 29.2 Å². The zero-order valence-corrected chi connectivity index (χ0v) is 10.1. The molecule has 92 valence electrons. The van der Waals surface area contributed by atoms with Crippen LogP contribution in [0.5, 0.6) is 0 Å². The highest BCUT2D eigenvalue weighted by molar-refractivity contribution is 5.92. The Balaban J connectivity index is 2.15. The quantitative estimate of drug-likeness (QED) is 0.580. The van der Waals surface area contributed by atoms with Gasteiger partial charge in [0.15, 0.2) is 5.82 Å². The molecule has 0 atom stereocenters. The van der Waals surface area contributed by atoms with Gasteiger partial charge in [-0.3, -0.25) is 9.78 Å². The Morgan fingerprint density at radius 3 is 2.88 bits per heavy atom. The minimum absolute atomic E-state index is 0.0832. The van der Waals surface area contributed by atoms with Crippen LogP contribution < -0.4 is 11.3 Å². The van der Waals surface area contributed by atoms with Crippen molar-refractivity contribution < 1.29 is 4.79 Å². The van der Waals surface area contributed by atoms with E-state index in [1.165, 1.54) is 12.4 Å². The Labute approximate surface area is 100 Å². The molecule has 3 N–H and O–H groups in total. The van der Waals surface area contributed by atoms with Crippen molar-refractivity contribution in [3.8, 4) is 0 Å². The standard InChI is InChI=1S/C11H17N5O/c1-11(2)3-4-16(7-11)10(17)8-5-13-6-9(14-8)15-12/h5-6H,3-4,7,12H2,1-2H3,(H,14,15). The van der Waals surface area contributed by atoms with Gasteiger partial charge < -0.3 is 10.3 Å². The van der Waals surface area contributed by atoms with E-state index in [-0.39, 0.29) is 11.3 Å². The summed E-state index contributed by atoms with van der Waals surface area (Å²) in [6, 6.07) is 0. The summed E-state index contributed by atoms with van der Waals surface area (Å²) >= 11 is 0. The van der Waals surface area contributed by atoms with Crippen molar-refractivity contribution in [2.24, 2.45) is 11.3 Å². The Hall–Kier alpha value is -1.69. The number of anilines is 1. The van der Waals surface area contributed by atoms with E-state index in [1.54, 1.807) is 0 Å². The minimum atomic E-state index is -0.0832. The van der Waals surface area contributed by atoms with Gasteiger partial charge in [0.05, 0.1) is 12.4 Å². The van der Waals surface area contributed by atoms with E-state index < -0.39 is 0 Å². The molecule has 0 aliphatic carbocycles.